The lowest BCUT2D eigenvalue weighted by molar-refractivity contribution is 0.192. The summed E-state index contributed by atoms with van der Waals surface area (Å²) in [6.45, 7) is 4.12. The van der Waals surface area contributed by atoms with Gasteiger partial charge in [0, 0.05) is 11.7 Å². The topological polar surface area (TPSA) is 80.5 Å². The Morgan fingerprint density at radius 1 is 1.07 bits per heavy atom. The molecule has 0 aromatic heterocycles. The van der Waals surface area contributed by atoms with Gasteiger partial charge < -0.3 is 20.9 Å². The van der Waals surface area contributed by atoms with Gasteiger partial charge in [0.2, 0.25) is 0 Å². The SMILES string of the molecule is CC1CC(NCCCN(C)C)NC(NC(=O)Nc2cccc(-c3ccccc3)c2)N1. The summed E-state index contributed by atoms with van der Waals surface area (Å²) in [7, 11) is 4.16. The van der Waals surface area contributed by atoms with Gasteiger partial charge >= 0.3 is 6.03 Å². The summed E-state index contributed by atoms with van der Waals surface area (Å²) in [6, 6.07) is 18.0. The van der Waals surface area contributed by atoms with Crippen LogP contribution in [0.2, 0.25) is 0 Å². The second-order valence-electron chi connectivity index (χ2n) is 8.11. The minimum atomic E-state index is -0.294. The Bertz CT molecular complexity index is 797. The molecule has 5 N–H and O–H groups in total. The van der Waals surface area contributed by atoms with Crippen molar-refractivity contribution in [1.82, 2.24) is 26.2 Å². The van der Waals surface area contributed by atoms with Crippen molar-refractivity contribution in [3.63, 3.8) is 0 Å². The van der Waals surface area contributed by atoms with Crippen LogP contribution in [0.15, 0.2) is 54.6 Å². The molecule has 2 aromatic rings. The van der Waals surface area contributed by atoms with Crippen LogP contribution in [0.3, 0.4) is 0 Å². The Morgan fingerprint density at radius 2 is 1.83 bits per heavy atom. The van der Waals surface area contributed by atoms with Crippen molar-refractivity contribution in [2.45, 2.75) is 38.3 Å². The third-order valence-corrected chi connectivity index (χ3v) is 5.08. The zero-order valence-electron chi connectivity index (χ0n) is 18.1. The van der Waals surface area contributed by atoms with Crippen LogP contribution in [-0.2, 0) is 0 Å². The zero-order chi connectivity index (χ0) is 21.3. The molecule has 0 radical (unpaired) electrons. The first-order valence-electron chi connectivity index (χ1n) is 10.6. The fraction of sp³-hybridized carbons (Fsp3) is 0.435. The fourth-order valence-electron chi connectivity index (χ4n) is 3.63. The van der Waals surface area contributed by atoms with Crippen molar-refractivity contribution < 1.29 is 4.79 Å². The number of anilines is 1. The lowest BCUT2D eigenvalue weighted by atomic mass is 10.1. The Hall–Kier alpha value is -2.45. The third kappa shape index (κ3) is 7.11. The minimum absolute atomic E-state index is 0.162. The van der Waals surface area contributed by atoms with Gasteiger partial charge in [0.1, 0.15) is 6.29 Å². The molecule has 3 unspecified atom stereocenters. The molecule has 1 saturated heterocycles. The molecule has 3 atom stereocenters. The van der Waals surface area contributed by atoms with Crippen LogP contribution in [0.5, 0.6) is 0 Å². The second kappa shape index (κ2) is 11.1. The number of amides is 2. The van der Waals surface area contributed by atoms with Crippen LogP contribution < -0.4 is 26.6 Å². The zero-order valence-corrected chi connectivity index (χ0v) is 18.1. The first-order valence-corrected chi connectivity index (χ1v) is 10.6. The van der Waals surface area contributed by atoms with E-state index in [1.54, 1.807) is 0 Å². The first-order chi connectivity index (χ1) is 14.5. The van der Waals surface area contributed by atoms with E-state index in [1.165, 1.54) is 0 Å². The molecule has 162 valence electrons. The molecule has 0 bridgehead atoms. The third-order valence-electron chi connectivity index (χ3n) is 5.08. The van der Waals surface area contributed by atoms with Gasteiger partial charge in [-0.3, -0.25) is 10.6 Å². The molecule has 0 aliphatic carbocycles. The highest BCUT2D eigenvalue weighted by Gasteiger charge is 2.25. The van der Waals surface area contributed by atoms with Crippen LogP contribution in [0.1, 0.15) is 19.8 Å². The summed E-state index contributed by atoms with van der Waals surface area (Å²) in [5.41, 5.74) is 2.95. The number of hydrogen-bond acceptors (Lipinski definition) is 5. The molecule has 0 saturated carbocycles. The van der Waals surface area contributed by atoms with Gasteiger partial charge in [-0.2, -0.15) is 0 Å². The number of carbonyl (C=O) groups is 1. The Kier molecular flexibility index (Phi) is 8.21. The lowest BCUT2D eigenvalue weighted by Crippen LogP contribution is -2.67. The summed E-state index contributed by atoms with van der Waals surface area (Å²) in [5.74, 6) is 0. The number of nitrogens with one attached hydrogen (secondary N) is 5. The van der Waals surface area contributed by atoms with Crippen LogP contribution in [-0.4, -0.2) is 56.6 Å². The van der Waals surface area contributed by atoms with E-state index < -0.39 is 0 Å². The van der Waals surface area contributed by atoms with Crippen LogP contribution in [0.25, 0.3) is 11.1 Å². The number of hydrogen-bond donors (Lipinski definition) is 5. The Morgan fingerprint density at radius 3 is 2.60 bits per heavy atom. The van der Waals surface area contributed by atoms with Gasteiger partial charge in [0.05, 0.1) is 6.17 Å². The summed E-state index contributed by atoms with van der Waals surface area (Å²) in [6.07, 6.45) is 1.91. The van der Waals surface area contributed by atoms with Crippen LogP contribution >= 0.6 is 0 Å². The number of urea groups is 1. The maximum Gasteiger partial charge on any atom is 0.321 e. The monoisotopic (exact) mass is 410 g/mol. The van der Waals surface area contributed by atoms with Crippen molar-refractivity contribution in [2.24, 2.45) is 0 Å². The van der Waals surface area contributed by atoms with E-state index in [0.717, 1.165) is 42.7 Å². The smallest absolute Gasteiger partial charge is 0.310 e. The Balaban J connectivity index is 1.50. The van der Waals surface area contributed by atoms with E-state index in [9.17, 15) is 4.79 Å². The quantitative estimate of drug-likeness (QED) is 0.432. The standard InChI is InChI=1S/C23H34N6O/c1-17-15-21(24-13-8-14-29(2)3)27-22(25-17)28-23(30)26-20-12-7-11-19(16-20)18-9-5-4-6-10-18/h4-7,9-12,16-17,21-22,24-25,27H,8,13-15H2,1-3H3,(H2,26,28,30). The molecular weight excluding hydrogens is 376 g/mol. The summed E-state index contributed by atoms with van der Waals surface area (Å²) in [4.78, 5) is 14.7. The van der Waals surface area contributed by atoms with E-state index in [4.69, 9.17) is 0 Å². The van der Waals surface area contributed by atoms with E-state index >= 15 is 0 Å². The summed E-state index contributed by atoms with van der Waals surface area (Å²) >= 11 is 0. The molecule has 3 rings (SSSR count). The van der Waals surface area contributed by atoms with Gasteiger partial charge in [-0.15, -0.1) is 0 Å². The normalized spacial score (nSPS) is 21.4. The average Bonchev–Trinajstić information content (AvgIpc) is 2.71. The van der Waals surface area contributed by atoms with Crippen molar-refractivity contribution in [3.8, 4) is 11.1 Å². The molecular formula is C23H34N6O. The predicted molar refractivity (Wildman–Crippen MR) is 123 cm³/mol. The molecule has 7 heteroatoms. The number of rotatable bonds is 8. The van der Waals surface area contributed by atoms with Gasteiger partial charge in [-0.05, 0) is 70.2 Å². The number of nitrogens with zero attached hydrogens (tertiary/aromatic N) is 1. The van der Waals surface area contributed by atoms with Crippen LogP contribution in [0.4, 0.5) is 10.5 Å². The van der Waals surface area contributed by atoms with Crippen molar-refractivity contribution in [1.29, 1.82) is 0 Å². The molecule has 0 spiro atoms. The van der Waals surface area contributed by atoms with E-state index in [0.29, 0.717) is 6.04 Å². The first kappa shape index (κ1) is 22.2. The molecule has 1 aliphatic heterocycles. The van der Waals surface area contributed by atoms with Crippen LogP contribution in [0, 0.1) is 0 Å². The number of benzene rings is 2. The highest BCUT2D eigenvalue weighted by molar-refractivity contribution is 5.90. The highest BCUT2D eigenvalue weighted by Crippen LogP contribution is 2.22. The molecule has 1 aliphatic rings. The second-order valence-corrected chi connectivity index (χ2v) is 8.11. The molecule has 1 heterocycles. The largest absolute Gasteiger partial charge is 0.321 e. The maximum absolute atomic E-state index is 12.5. The molecule has 1 fully saturated rings. The molecule has 7 nitrogen and oxygen atoms in total. The van der Waals surface area contributed by atoms with E-state index in [-0.39, 0.29) is 18.5 Å². The predicted octanol–water partition coefficient (Wildman–Crippen LogP) is 2.60. The van der Waals surface area contributed by atoms with Gasteiger partial charge in [0.15, 0.2) is 0 Å². The van der Waals surface area contributed by atoms with Crippen molar-refractivity contribution >= 4 is 11.7 Å². The van der Waals surface area contributed by atoms with Crippen molar-refractivity contribution in [3.05, 3.63) is 54.6 Å². The van der Waals surface area contributed by atoms with E-state index in [2.05, 4.69) is 64.6 Å². The number of carbonyl (C=O) groups excluding carboxylic acids is 1. The van der Waals surface area contributed by atoms with Gasteiger partial charge in [0.25, 0.3) is 0 Å². The minimum Gasteiger partial charge on any atom is -0.310 e. The van der Waals surface area contributed by atoms with Crippen molar-refractivity contribution in [2.75, 3.05) is 32.5 Å². The molecule has 2 amide bonds. The molecule has 2 aromatic carbocycles. The summed E-state index contributed by atoms with van der Waals surface area (Å²) < 4.78 is 0. The Labute approximate surface area is 179 Å². The summed E-state index contributed by atoms with van der Waals surface area (Å²) in [5, 5.41) is 16.2. The lowest BCUT2D eigenvalue weighted by Gasteiger charge is -2.37. The molecule has 30 heavy (non-hydrogen) atoms. The van der Waals surface area contributed by atoms with Gasteiger partial charge in [-0.1, -0.05) is 42.5 Å². The fourth-order valence-corrected chi connectivity index (χ4v) is 3.63. The average molecular weight is 411 g/mol. The van der Waals surface area contributed by atoms with Gasteiger partial charge in [-0.25, -0.2) is 4.79 Å². The highest BCUT2D eigenvalue weighted by atomic mass is 16.2. The maximum atomic E-state index is 12.5. The van der Waals surface area contributed by atoms with E-state index in [1.807, 2.05) is 42.5 Å².